The van der Waals surface area contributed by atoms with Crippen LogP contribution in [0.1, 0.15) is 40.0 Å². The van der Waals surface area contributed by atoms with E-state index in [0.717, 1.165) is 12.8 Å². The summed E-state index contributed by atoms with van der Waals surface area (Å²) in [7, 11) is 0. The molecule has 0 amide bonds. The van der Waals surface area contributed by atoms with Gasteiger partial charge in [-0.15, -0.1) is 0 Å². The van der Waals surface area contributed by atoms with Crippen LogP contribution in [0.25, 0.3) is 0 Å². The molecule has 1 rings (SSSR count). The molecule has 78 valence electrons. The van der Waals surface area contributed by atoms with Crippen LogP contribution in [0, 0.1) is 0 Å². The summed E-state index contributed by atoms with van der Waals surface area (Å²) in [5.41, 5.74) is -0.00634. The molecule has 1 aliphatic heterocycles. The van der Waals surface area contributed by atoms with Gasteiger partial charge in [0.1, 0.15) is 0 Å². The molecule has 0 aromatic carbocycles. The predicted molar refractivity (Wildman–Crippen MR) is 62.2 cm³/mol. The van der Waals surface area contributed by atoms with Crippen LogP contribution in [0.2, 0.25) is 0 Å². The fraction of sp³-hybridized carbons (Fsp3) is 1.00. The van der Waals surface area contributed by atoms with Gasteiger partial charge in [-0.1, -0.05) is 22.6 Å². The van der Waals surface area contributed by atoms with Crippen LogP contribution >= 0.6 is 22.6 Å². The lowest BCUT2D eigenvalue weighted by Crippen LogP contribution is -2.42. The van der Waals surface area contributed by atoms with Crippen molar-refractivity contribution in [3.05, 3.63) is 0 Å². The van der Waals surface area contributed by atoms with Gasteiger partial charge in [0.15, 0.2) is 6.29 Å². The number of hydrogen-bond donors (Lipinski definition) is 0. The van der Waals surface area contributed by atoms with Gasteiger partial charge >= 0.3 is 0 Å². The summed E-state index contributed by atoms with van der Waals surface area (Å²) < 4.78 is 12.7. The molecule has 0 saturated carbocycles. The van der Waals surface area contributed by atoms with Crippen molar-refractivity contribution in [1.29, 1.82) is 0 Å². The summed E-state index contributed by atoms with van der Waals surface area (Å²) in [6, 6.07) is 0. The van der Waals surface area contributed by atoms with Gasteiger partial charge in [-0.2, -0.15) is 0 Å². The van der Waals surface area contributed by atoms with E-state index in [1.807, 2.05) is 0 Å². The minimum Gasteiger partial charge on any atom is -0.350 e. The molecule has 1 aliphatic rings. The van der Waals surface area contributed by atoms with Gasteiger partial charge in [0.25, 0.3) is 0 Å². The molecule has 2 atom stereocenters. The monoisotopic (exact) mass is 298 g/mol. The van der Waals surface area contributed by atoms with Gasteiger partial charge in [-0.05, 0) is 38.0 Å². The summed E-state index contributed by atoms with van der Waals surface area (Å²) >= 11 is 2.39. The maximum atomic E-state index is 5.82. The van der Waals surface area contributed by atoms with E-state index in [1.165, 1.54) is 10.8 Å². The van der Waals surface area contributed by atoms with E-state index in [1.54, 1.807) is 0 Å². The van der Waals surface area contributed by atoms with Crippen molar-refractivity contribution in [3.63, 3.8) is 0 Å². The van der Waals surface area contributed by atoms with Crippen LogP contribution in [-0.4, -0.2) is 22.4 Å². The van der Waals surface area contributed by atoms with Gasteiger partial charge in [-0.25, -0.2) is 0 Å². The second-order valence-electron chi connectivity index (χ2n) is 4.29. The Hall–Kier alpha value is 0.650. The minimum absolute atomic E-state index is 0.00634. The lowest BCUT2D eigenvalue weighted by Gasteiger charge is -2.39. The quantitative estimate of drug-likeness (QED) is 0.589. The van der Waals surface area contributed by atoms with Crippen molar-refractivity contribution in [3.8, 4) is 0 Å². The number of rotatable bonds is 3. The largest absolute Gasteiger partial charge is 0.350 e. The summed E-state index contributed by atoms with van der Waals surface area (Å²) in [5, 5.41) is 0. The summed E-state index contributed by atoms with van der Waals surface area (Å²) in [6.45, 7) is 6.41. The van der Waals surface area contributed by atoms with E-state index >= 15 is 0 Å². The Morgan fingerprint density at radius 2 is 2.15 bits per heavy atom. The normalized spacial score (nSPS) is 33.2. The third-order valence-corrected chi connectivity index (χ3v) is 2.95. The molecule has 0 aromatic rings. The van der Waals surface area contributed by atoms with E-state index in [-0.39, 0.29) is 11.9 Å². The van der Waals surface area contributed by atoms with E-state index in [0.29, 0.717) is 6.10 Å². The molecule has 0 bridgehead atoms. The zero-order valence-electron chi connectivity index (χ0n) is 8.68. The summed E-state index contributed by atoms with van der Waals surface area (Å²) in [4.78, 5) is 0. The smallest absolute Gasteiger partial charge is 0.158 e. The maximum absolute atomic E-state index is 5.82. The molecule has 1 fully saturated rings. The Bertz CT molecular complexity index is 159. The molecule has 0 radical (unpaired) electrons. The highest BCUT2D eigenvalue weighted by Gasteiger charge is 2.32. The van der Waals surface area contributed by atoms with Crippen LogP contribution < -0.4 is 0 Å². The van der Waals surface area contributed by atoms with Crippen molar-refractivity contribution < 1.29 is 9.47 Å². The second kappa shape index (κ2) is 4.94. The topological polar surface area (TPSA) is 18.5 Å². The molecule has 2 unspecified atom stereocenters. The van der Waals surface area contributed by atoms with Crippen LogP contribution in [0.15, 0.2) is 0 Å². The van der Waals surface area contributed by atoms with Crippen molar-refractivity contribution in [2.24, 2.45) is 0 Å². The van der Waals surface area contributed by atoms with Crippen molar-refractivity contribution in [1.82, 2.24) is 0 Å². The fourth-order valence-corrected chi connectivity index (χ4v) is 2.24. The Morgan fingerprint density at radius 1 is 1.46 bits per heavy atom. The highest BCUT2D eigenvalue weighted by atomic mass is 127. The van der Waals surface area contributed by atoms with E-state index in [4.69, 9.17) is 9.47 Å². The van der Waals surface area contributed by atoms with Crippen LogP contribution in [0.3, 0.4) is 0 Å². The highest BCUT2D eigenvalue weighted by Crippen LogP contribution is 2.29. The van der Waals surface area contributed by atoms with Crippen LogP contribution in [-0.2, 0) is 9.47 Å². The summed E-state index contributed by atoms with van der Waals surface area (Å²) in [6.07, 6.45) is 3.55. The molecular formula is C10H19IO2. The first-order valence-corrected chi connectivity index (χ1v) is 6.45. The molecule has 0 aromatic heterocycles. The Balaban J connectivity index is 2.38. The van der Waals surface area contributed by atoms with Crippen molar-refractivity contribution in [2.75, 3.05) is 4.43 Å². The first-order chi connectivity index (χ1) is 6.03. The Kier molecular flexibility index (Phi) is 4.45. The average Bonchev–Trinajstić information content (AvgIpc) is 1.97. The standard InChI is InChI=1S/C10H19IO2/c1-8-7-10(2,3)13-9(12-8)5-4-6-11/h8-9H,4-7H2,1-3H3. The highest BCUT2D eigenvalue weighted by molar-refractivity contribution is 14.1. The molecule has 13 heavy (non-hydrogen) atoms. The lowest BCUT2D eigenvalue weighted by molar-refractivity contribution is -0.270. The van der Waals surface area contributed by atoms with Gasteiger partial charge in [0, 0.05) is 6.42 Å². The van der Waals surface area contributed by atoms with Crippen LogP contribution in [0.4, 0.5) is 0 Å². The van der Waals surface area contributed by atoms with E-state index < -0.39 is 0 Å². The molecule has 0 N–H and O–H groups in total. The van der Waals surface area contributed by atoms with Gasteiger partial charge < -0.3 is 9.47 Å². The zero-order chi connectivity index (χ0) is 9.90. The van der Waals surface area contributed by atoms with Gasteiger partial charge in [0.05, 0.1) is 11.7 Å². The lowest BCUT2D eigenvalue weighted by atomic mass is 10.00. The first-order valence-electron chi connectivity index (χ1n) is 4.93. The van der Waals surface area contributed by atoms with E-state index in [9.17, 15) is 0 Å². The number of hydrogen-bond acceptors (Lipinski definition) is 2. The fourth-order valence-electron chi connectivity index (χ4n) is 1.80. The third kappa shape index (κ3) is 4.13. The molecule has 0 spiro atoms. The maximum Gasteiger partial charge on any atom is 0.158 e. The molecule has 3 heteroatoms. The Labute approximate surface area is 94.5 Å². The number of halogens is 1. The van der Waals surface area contributed by atoms with E-state index in [2.05, 4.69) is 43.4 Å². The molecule has 0 aliphatic carbocycles. The first kappa shape index (κ1) is 11.7. The zero-order valence-corrected chi connectivity index (χ0v) is 10.8. The molecular weight excluding hydrogens is 279 g/mol. The van der Waals surface area contributed by atoms with Gasteiger partial charge in [-0.3, -0.25) is 0 Å². The predicted octanol–water partition coefficient (Wildman–Crippen LogP) is 3.13. The number of alkyl halides is 1. The third-order valence-electron chi connectivity index (χ3n) is 2.19. The Morgan fingerprint density at radius 3 is 2.69 bits per heavy atom. The van der Waals surface area contributed by atoms with Crippen molar-refractivity contribution in [2.45, 2.75) is 58.0 Å². The van der Waals surface area contributed by atoms with Gasteiger partial charge in [0.2, 0.25) is 0 Å². The summed E-state index contributed by atoms with van der Waals surface area (Å²) in [5.74, 6) is 0. The SMILES string of the molecule is CC1CC(C)(C)OC(CCCI)O1. The van der Waals surface area contributed by atoms with Crippen molar-refractivity contribution >= 4 is 22.6 Å². The second-order valence-corrected chi connectivity index (χ2v) is 5.37. The molecule has 1 heterocycles. The minimum atomic E-state index is -0.00634. The molecule has 2 nitrogen and oxygen atoms in total. The number of ether oxygens (including phenoxy) is 2. The van der Waals surface area contributed by atoms with Crippen LogP contribution in [0.5, 0.6) is 0 Å². The molecule has 1 saturated heterocycles. The average molecular weight is 298 g/mol.